The van der Waals surface area contributed by atoms with Crippen molar-refractivity contribution < 1.29 is 15.0 Å². The zero-order valence-corrected chi connectivity index (χ0v) is 6.79. The smallest absolute Gasteiger partial charge is 0.306 e. The molecule has 0 saturated heterocycles. The fourth-order valence-corrected chi connectivity index (χ4v) is 1.27. The maximum absolute atomic E-state index is 10.4. The molecular formula is C9H12O3. The number of carbonyl (C=O) groups is 1. The summed E-state index contributed by atoms with van der Waals surface area (Å²) in [5.41, 5.74) is 0. The van der Waals surface area contributed by atoms with Gasteiger partial charge in [0.05, 0.1) is 5.92 Å². The molecule has 0 aliphatic heterocycles. The maximum atomic E-state index is 10.4. The van der Waals surface area contributed by atoms with Crippen molar-refractivity contribution in [2.24, 2.45) is 11.8 Å². The summed E-state index contributed by atoms with van der Waals surface area (Å²) in [6, 6.07) is 0. The van der Waals surface area contributed by atoms with Gasteiger partial charge in [-0.25, -0.2) is 0 Å². The largest absolute Gasteiger partial charge is 0.481 e. The van der Waals surface area contributed by atoms with Crippen molar-refractivity contribution in [1.29, 1.82) is 0 Å². The van der Waals surface area contributed by atoms with E-state index in [-0.39, 0.29) is 12.5 Å². The molecular weight excluding hydrogens is 156 g/mol. The fourth-order valence-electron chi connectivity index (χ4n) is 1.27. The highest BCUT2D eigenvalue weighted by molar-refractivity contribution is 5.73. The number of carboxylic acid groups (broad SMARTS) is 1. The Morgan fingerprint density at radius 1 is 1.50 bits per heavy atom. The molecule has 2 unspecified atom stereocenters. The third-order valence-electron chi connectivity index (χ3n) is 2.08. The number of aliphatic hydroxyl groups excluding tert-OH is 1. The second kappa shape index (κ2) is 4.13. The minimum absolute atomic E-state index is 0.104. The van der Waals surface area contributed by atoms with Crippen molar-refractivity contribution in [3.8, 4) is 11.8 Å². The zero-order valence-electron chi connectivity index (χ0n) is 6.79. The summed E-state index contributed by atoms with van der Waals surface area (Å²) in [7, 11) is 0. The average molecular weight is 168 g/mol. The Balaban J connectivity index is 2.08. The van der Waals surface area contributed by atoms with Crippen LogP contribution in [-0.2, 0) is 4.79 Å². The summed E-state index contributed by atoms with van der Waals surface area (Å²) in [6.07, 6.45) is 2.36. The Hall–Kier alpha value is -1.01. The Morgan fingerprint density at radius 3 is 2.75 bits per heavy atom. The van der Waals surface area contributed by atoms with Crippen LogP contribution in [0.2, 0.25) is 0 Å². The van der Waals surface area contributed by atoms with E-state index in [1.807, 2.05) is 0 Å². The second-order valence-electron chi connectivity index (χ2n) is 2.99. The van der Waals surface area contributed by atoms with Crippen LogP contribution in [0.3, 0.4) is 0 Å². The van der Waals surface area contributed by atoms with Gasteiger partial charge in [0.2, 0.25) is 0 Å². The molecule has 1 saturated carbocycles. The molecule has 66 valence electrons. The van der Waals surface area contributed by atoms with E-state index in [1.165, 1.54) is 0 Å². The first-order valence-electron chi connectivity index (χ1n) is 4.05. The molecule has 2 N–H and O–H groups in total. The molecule has 0 amide bonds. The first kappa shape index (κ1) is 9.08. The molecule has 0 radical (unpaired) electrons. The van der Waals surface area contributed by atoms with Crippen LogP contribution in [0.1, 0.15) is 19.3 Å². The van der Waals surface area contributed by atoms with Gasteiger partial charge in [-0.3, -0.25) is 4.79 Å². The highest BCUT2D eigenvalue weighted by Crippen LogP contribution is 2.41. The summed E-state index contributed by atoms with van der Waals surface area (Å²) >= 11 is 0. The molecule has 0 aromatic heterocycles. The molecule has 1 fully saturated rings. The molecule has 12 heavy (non-hydrogen) atoms. The summed E-state index contributed by atoms with van der Waals surface area (Å²) in [5.74, 6) is 4.83. The second-order valence-corrected chi connectivity index (χ2v) is 2.99. The standard InChI is InChI=1S/C9H12O3/c10-5-3-1-2-4-7-6-8(7)9(11)12/h7-8,10H,2,4-6H2,(H,11,12). The Kier molecular flexibility index (Phi) is 3.12. The van der Waals surface area contributed by atoms with Gasteiger partial charge in [-0.15, -0.1) is 5.92 Å². The number of hydrogen-bond donors (Lipinski definition) is 2. The summed E-state index contributed by atoms with van der Waals surface area (Å²) in [5, 5.41) is 16.9. The van der Waals surface area contributed by atoms with Gasteiger partial charge in [0.1, 0.15) is 6.61 Å². The molecule has 3 heteroatoms. The lowest BCUT2D eigenvalue weighted by molar-refractivity contribution is -0.138. The van der Waals surface area contributed by atoms with E-state index in [1.54, 1.807) is 0 Å². The summed E-state index contributed by atoms with van der Waals surface area (Å²) < 4.78 is 0. The quantitative estimate of drug-likeness (QED) is 0.603. The summed E-state index contributed by atoms with van der Waals surface area (Å²) in [6.45, 7) is -0.104. The Morgan fingerprint density at radius 2 is 2.25 bits per heavy atom. The fraction of sp³-hybridized carbons (Fsp3) is 0.667. The van der Waals surface area contributed by atoms with Crippen molar-refractivity contribution in [1.82, 2.24) is 0 Å². The van der Waals surface area contributed by atoms with Crippen molar-refractivity contribution in [3.63, 3.8) is 0 Å². The third-order valence-corrected chi connectivity index (χ3v) is 2.08. The first-order valence-corrected chi connectivity index (χ1v) is 4.05. The lowest BCUT2D eigenvalue weighted by atomic mass is 10.2. The van der Waals surface area contributed by atoms with Crippen LogP contribution in [0, 0.1) is 23.7 Å². The van der Waals surface area contributed by atoms with Gasteiger partial charge >= 0.3 is 5.97 Å². The number of hydrogen-bond acceptors (Lipinski definition) is 2. The zero-order chi connectivity index (χ0) is 8.97. The lowest BCUT2D eigenvalue weighted by Gasteiger charge is -1.89. The van der Waals surface area contributed by atoms with E-state index in [9.17, 15) is 4.79 Å². The number of aliphatic carboxylic acids is 1. The van der Waals surface area contributed by atoms with Crippen LogP contribution in [0.15, 0.2) is 0 Å². The van der Waals surface area contributed by atoms with E-state index < -0.39 is 5.97 Å². The number of rotatable bonds is 3. The van der Waals surface area contributed by atoms with Gasteiger partial charge < -0.3 is 10.2 Å². The molecule has 1 rings (SSSR count). The molecule has 1 aliphatic carbocycles. The van der Waals surface area contributed by atoms with Gasteiger partial charge in [0, 0.05) is 6.42 Å². The first-order chi connectivity index (χ1) is 5.75. The SMILES string of the molecule is O=C(O)C1CC1CCC#CCO. The van der Waals surface area contributed by atoms with Crippen molar-refractivity contribution >= 4 is 5.97 Å². The molecule has 1 aliphatic rings. The molecule has 0 aromatic rings. The number of aliphatic hydroxyl groups is 1. The Bertz CT molecular complexity index is 224. The topological polar surface area (TPSA) is 57.5 Å². The van der Waals surface area contributed by atoms with Gasteiger partial charge in [-0.2, -0.15) is 0 Å². The molecule has 2 atom stereocenters. The van der Waals surface area contributed by atoms with Gasteiger partial charge in [0.25, 0.3) is 0 Å². The highest BCUT2D eigenvalue weighted by Gasteiger charge is 2.42. The summed E-state index contributed by atoms with van der Waals surface area (Å²) in [4.78, 5) is 10.4. The van der Waals surface area contributed by atoms with Gasteiger partial charge in [0.15, 0.2) is 0 Å². The van der Waals surface area contributed by atoms with E-state index in [0.29, 0.717) is 12.3 Å². The van der Waals surface area contributed by atoms with Crippen LogP contribution in [-0.4, -0.2) is 22.8 Å². The van der Waals surface area contributed by atoms with Crippen LogP contribution in [0.5, 0.6) is 0 Å². The molecule has 0 aromatic carbocycles. The minimum atomic E-state index is -0.685. The molecule has 3 nitrogen and oxygen atoms in total. The minimum Gasteiger partial charge on any atom is -0.481 e. The molecule has 0 heterocycles. The predicted molar refractivity (Wildman–Crippen MR) is 43.3 cm³/mol. The van der Waals surface area contributed by atoms with Crippen molar-refractivity contribution in [2.45, 2.75) is 19.3 Å². The van der Waals surface area contributed by atoms with Crippen molar-refractivity contribution in [2.75, 3.05) is 6.61 Å². The van der Waals surface area contributed by atoms with E-state index in [2.05, 4.69) is 11.8 Å². The number of carboxylic acids is 1. The van der Waals surface area contributed by atoms with E-state index in [0.717, 1.165) is 12.8 Å². The average Bonchev–Trinajstić information content (AvgIpc) is 2.77. The highest BCUT2D eigenvalue weighted by atomic mass is 16.4. The van der Waals surface area contributed by atoms with Crippen molar-refractivity contribution in [3.05, 3.63) is 0 Å². The van der Waals surface area contributed by atoms with Gasteiger partial charge in [-0.05, 0) is 18.8 Å². The van der Waals surface area contributed by atoms with Gasteiger partial charge in [-0.1, -0.05) is 5.92 Å². The third kappa shape index (κ3) is 2.55. The normalized spacial score (nSPS) is 25.8. The van der Waals surface area contributed by atoms with E-state index >= 15 is 0 Å². The van der Waals surface area contributed by atoms with E-state index in [4.69, 9.17) is 10.2 Å². The molecule has 0 spiro atoms. The van der Waals surface area contributed by atoms with Crippen LogP contribution in [0.25, 0.3) is 0 Å². The maximum Gasteiger partial charge on any atom is 0.306 e. The lowest BCUT2D eigenvalue weighted by Crippen LogP contribution is -1.99. The molecule has 0 bridgehead atoms. The predicted octanol–water partition coefficient (Wildman–Crippen LogP) is 0.483. The monoisotopic (exact) mass is 168 g/mol. The van der Waals surface area contributed by atoms with Crippen LogP contribution < -0.4 is 0 Å². The van der Waals surface area contributed by atoms with Crippen LogP contribution >= 0.6 is 0 Å². The van der Waals surface area contributed by atoms with Crippen LogP contribution in [0.4, 0.5) is 0 Å². The Labute approximate surface area is 71.4 Å².